The molecule has 1 unspecified atom stereocenters. The summed E-state index contributed by atoms with van der Waals surface area (Å²) < 4.78 is 16.4. The van der Waals surface area contributed by atoms with Crippen molar-refractivity contribution >= 4 is 16.7 Å². The van der Waals surface area contributed by atoms with Gasteiger partial charge in [-0.2, -0.15) is 9.61 Å². The Labute approximate surface area is 189 Å². The van der Waals surface area contributed by atoms with Crippen LogP contribution in [-0.2, 0) is 5.41 Å². The van der Waals surface area contributed by atoms with Gasteiger partial charge in [-0.05, 0) is 49.7 Å². The van der Waals surface area contributed by atoms with Crippen molar-refractivity contribution in [2.24, 2.45) is 0 Å². The summed E-state index contributed by atoms with van der Waals surface area (Å²) in [7, 11) is 1.57. The molecule has 1 atom stereocenters. The Morgan fingerprint density at radius 1 is 1.06 bits per heavy atom. The zero-order valence-electron chi connectivity index (χ0n) is 17.9. The highest BCUT2D eigenvalue weighted by atomic mass is 19.1. The number of rotatable bonds is 5. The number of benzene rings is 2. The van der Waals surface area contributed by atoms with Crippen LogP contribution in [0, 0.1) is 5.82 Å². The lowest BCUT2D eigenvalue weighted by atomic mass is 9.91. The topological polar surface area (TPSA) is 88.2 Å². The van der Waals surface area contributed by atoms with Crippen molar-refractivity contribution in [2.75, 3.05) is 7.05 Å². The van der Waals surface area contributed by atoms with Crippen molar-refractivity contribution in [3.05, 3.63) is 89.8 Å². The summed E-state index contributed by atoms with van der Waals surface area (Å²) in [5.41, 5.74) is 4.25. The normalized spacial score (nSPS) is 15.7. The highest BCUT2D eigenvalue weighted by Gasteiger charge is 2.48. The average Bonchev–Trinajstić information content (AvgIpc) is 3.55. The maximum absolute atomic E-state index is 14.6. The number of aliphatic hydroxyl groups is 1. The molecular weight excluding hydrogens is 419 g/mol. The first-order valence-electron chi connectivity index (χ1n) is 10.8. The fourth-order valence-electron chi connectivity index (χ4n) is 4.49. The van der Waals surface area contributed by atoms with E-state index in [4.69, 9.17) is 5.10 Å². The Balaban J connectivity index is 1.43. The summed E-state index contributed by atoms with van der Waals surface area (Å²) in [6.45, 7) is 0. The van der Waals surface area contributed by atoms with E-state index < -0.39 is 12.0 Å². The SMILES string of the molecule is CNC(O)c1ccc(-c2cnc3ncc(C4(c5ccc6ncccc6c5)CC4)n3n2)cc1F. The van der Waals surface area contributed by atoms with Gasteiger partial charge in [0.25, 0.3) is 5.78 Å². The number of fused-ring (bicyclic) bond motifs is 2. The van der Waals surface area contributed by atoms with E-state index in [9.17, 15) is 9.50 Å². The smallest absolute Gasteiger partial charge is 0.250 e. The van der Waals surface area contributed by atoms with Crippen molar-refractivity contribution < 1.29 is 9.50 Å². The van der Waals surface area contributed by atoms with Gasteiger partial charge in [-0.15, -0.1) is 0 Å². The van der Waals surface area contributed by atoms with Crippen molar-refractivity contribution in [2.45, 2.75) is 24.5 Å². The van der Waals surface area contributed by atoms with Crippen LogP contribution in [0.25, 0.3) is 27.9 Å². The fraction of sp³-hybridized carbons (Fsp3) is 0.200. The number of aliphatic hydroxyl groups excluding tert-OH is 1. The second kappa shape index (κ2) is 7.40. The minimum Gasteiger partial charge on any atom is -0.374 e. The van der Waals surface area contributed by atoms with Gasteiger partial charge in [-0.25, -0.2) is 14.4 Å². The summed E-state index contributed by atoms with van der Waals surface area (Å²) in [6.07, 6.45) is 6.14. The van der Waals surface area contributed by atoms with Crippen LogP contribution in [0.1, 0.15) is 35.9 Å². The van der Waals surface area contributed by atoms with E-state index in [1.165, 1.54) is 11.6 Å². The predicted molar refractivity (Wildman–Crippen MR) is 122 cm³/mol. The van der Waals surface area contributed by atoms with Crippen LogP contribution < -0.4 is 5.32 Å². The van der Waals surface area contributed by atoms with E-state index in [1.54, 1.807) is 36.1 Å². The van der Waals surface area contributed by atoms with Gasteiger partial charge in [0.15, 0.2) is 0 Å². The minimum absolute atomic E-state index is 0.178. The number of nitrogens with one attached hydrogen (secondary N) is 1. The Bertz CT molecular complexity index is 1510. The Hall–Kier alpha value is -3.75. The van der Waals surface area contributed by atoms with E-state index >= 15 is 0 Å². The molecule has 0 radical (unpaired) electrons. The first-order chi connectivity index (χ1) is 16.1. The lowest BCUT2D eigenvalue weighted by Crippen LogP contribution is -2.16. The molecule has 1 saturated carbocycles. The van der Waals surface area contributed by atoms with E-state index in [1.807, 2.05) is 12.3 Å². The molecule has 1 fully saturated rings. The third-order valence-corrected chi connectivity index (χ3v) is 6.49. The molecule has 5 aromatic rings. The molecule has 6 rings (SSSR count). The van der Waals surface area contributed by atoms with Crippen molar-refractivity contribution in [3.63, 3.8) is 0 Å². The summed E-state index contributed by atoms with van der Waals surface area (Å²) in [4.78, 5) is 13.4. The highest BCUT2D eigenvalue weighted by molar-refractivity contribution is 5.79. The molecular formula is C25H21FN6O. The molecule has 7 nitrogen and oxygen atoms in total. The standard InChI is InChI=1S/C25H21FN6O/c1-27-23(33)18-6-4-16(12-19(18)26)21-13-29-24-30-14-22(32(24)31-21)25(8-9-25)17-5-7-20-15(11-17)3-2-10-28-20/h2-7,10-14,23,27,33H,8-9H2,1H3. The molecule has 8 heteroatoms. The number of halogens is 1. The van der Waals surface area contributed by atoms with Gasteiger partial charge in [-0.3, -0.25) is 10.3 Å². The number of hydrogen-bond donors (Lipinski definition) is 2. The molecule has 0 aliphatic heterocycles. The maximum Gasteiger partial charge on any atom is 0.250 e. The molecule has 3 heterocycles. The number of pyridine rings is 1. The summed E-state index contributed by atoms with van der Waals surface area (Å²) in [6, 6.07) is 15.0. The molecule has 0 amide bonds. The first-order valence-corrected chi connectivity index (χ1v) is 10.8. The van der Waals surface area contributed by atoms with Crippen LogP contribution in [0.2, 0.25) is 0 Å². The van der Waals surface area contributed by atoms with E-state index in [2.05, 4.69) is 44.5 Å². The van der Waals surface area contributed by atoms with Gasteiger partial charge in [0, 0.05) is 28.1 Å². The van der Waals surface area contributed by atoms with Crippen LogP contribution in [0.4, 0.5) is 4.39 Å². The first kappa shape index (κ1) is 19.9. The van der Waals surface area contributed by atoms with Crippen molar-refractivity contribution in [1.29, 1.82) is 0 Å². The summed E-state index contributed by atoms with van der Waals surface area (Å²) in [5.74, 6) is -0.00397. The van der Waals surface area contributed by atoms with Gasteiger partial charge in [0.05, 0.1) is 23.6 Å². The van der Waals surface area contributed by atoms with E-state index in [0.717, 1.165) is 29.4 Å². The quantitative estimate of drug-likeness (QED) is 0.405. The predicted octanol–water partition coefficient (Wildman–Crippen LogP) is 3.77. The average molecular weight is 440 g/mol. The van der Waals surface area contributed by atoms with Crippen molar-refractivity contribution in [1.82, 2.24) is 29.9 Å². The molecule has 2 N–H and O–H groups in total. The Morgan fingerprint density at radius 2 is 1.91 bits per heavy atom. The highest BCUT2D eigenvalue weighted by Crippen LogP contribution is 2.53. The third kappa shape index (κ3) is 3.18. The minimum atomic E-state index is -1.07. The molecule has 33 heavy (non-hydrogen) atoms. The molecule has 164 valence electrons. The lowest BCUT2D eigenvalue weighted by Gasteiger charge is -2.16. The summed E-state index contributed by atoms with van der Waals surface area (Å²) >= 11 is 0. The van der Waals surface area contributed by atoms with Crippen LogP contribution in [0.3, 0.4) is 0 Å². The number of nitrogens with zero attached hydrogens (tertiary/aromatic N) is 5. The van der Waals surface area contributed by atoms with Crippen LogP contribution in [-0.4, -0.2) is 36.7 Å². The van der Waals surface area contributed by atoms with Gasteiger partial charge in [-0.1, -0.05) is 24.3 Å². The number of hydrogen-bond acceptors (Lipinski definition) is 6. The fourth-order valence-corrected chi connectivity index (χ4v) is 4.49. The second-order valence-corrected chi connectivity index (χ2v) is 8.42. The molecule has 1 aliphatic rings. The van der Waals surface area contributed by atoms with Crippen molar-refractivity contribution in [3.8, 4) is 11.3 Å². The van der Waals surface area contributed by atoms with Gasteiger partial charge in [0.1, 0.15) is 17.7 Å². The Kier molecular flexibility index (Phi) is 4.46. The molecule has 3 aromatic heterocycles. The maximum atomic E-state index is 14.6. The van der Waals surface area contributed by atoms with Gasteiger partial charge >= 0.3 is 0 Å². The number of imidazole rings is 1. The third-order valence-electron chi connectivity index (χ3n) is 6.49. The summed E-state index contributed by atoms with van der Waals surface area (Å²) in [5, 5.41) is 18.4. The lowest BCUT2D eigenvalue weighted by molar-refractivity contribution is 0.145. The van der Waals surface area contributed by atoms with Gasteiger partial charge in [0.2, 0.25) is 0 Å². The second-order valence-electron chi connectivity index (χ2n) is 8.42. The van der Waals surface area contributed by atoms with Crippen LogP contribution in [0.5, 0.6) is 0 Å². The Morgan fingerprint density at radius 3 is 2.70 bits per heavy atom. The zero-order valence-corrected chi connectivity index (χ0v) is 17.9. The molecule has 2 aromatic carbocycles. The number of aromatic nitrogens is 5. The van der Waals surface area contributed by atoms with Crippen LogP contribution >= 0.6 is 0 Å². The monoisotopic (exact) mass is 440 g/mol. The molecule has 0 spiro atoms. The van der Waals surface area contributed by atoms with Gasteiger partial charge < -0.3 is 5.11 Å². The van der Waals surface area contributed by atoms with E-state index in [0.29, 0.717) is 17.0 Å². The largest absolute Gasteiger partial charge is 0.374 e. The zero-order chi connectivity index (χ0) is 22.6. The molecule has 0 bridgehead atoms. The molecule has 1 aliphatic carbocycles. The molecule has 0 saturated heterocycles. The van der Waals surface area contributed by atoms with E-state index in [-0.39, 0.29) is 11.0 Å². The van der Waals surface area contributed by atoms with Crippen LogP contribution in [0.15, 0.2) is 67.1 Å².